The molecule has 2 aromatic rings. The van der Waals surface area contributed by atoms with Crippen LogP contribution in [0, 0.1) is 6.92 Å². The molecule has 0 atom stereocenters. The van der Waals surface area contributed by atoms with E-state index in [1.54, 1.807) is 12.4 Å². The van der Waals surface area contributed by atoms with Crippen molar-refractivity contribution >= 4 is 5.78 Å². The Kier molecular flexibility index (Phi) is 4.04. The lowest BCUT2D eigenvalue weighted by Crippen LogP contribution is -2.12. The maximum atomic E-state index is 12.1. The van der Waals surface area contributed by atoms with Gasteiger partial charge in [-0.1, -0.05) is 6.92 Å². The number of nitrogens with zero attached hydrogens (tertiary/aromatic N) is 4. The molecule has 0 aliphatic rings. The molecule has 0 saturated heterocycles. The number of carbonyl (C=O) groups is 1. The van der Waals surface area contributed by atoms with Crippen molar-refractivity contribution in [1.29, 1.82) is 0 Å². The Balaban J connectivity index is 2.18. The topological polar surface area (TPSA) is 60.7 Å². The van der Waals surface area contributed by atoms with Crippen molar-refractivity contribution in [2.45, 2.75) is 40.2 Å². The molecule has 100 valence electrons. The predicted octanol–water partition coefficient (Wildman–Crippen LogP) is 1.99. The molecule has 2 aromatic heterocycles. The smallest absolute Gasteiger partial charge is 0.205 e. The Morgan fingerprint density at radius 2 is 1.95 bits per heavy atom. The van der Waals surface area contributed by atoms with E-state index >= 15 is 0 Å². The van der Waals surface area contributed by atoms with Gasteiger partial charge in [-0.25, -0.2) is 9.97 Å². The van der Waals surface area contributed by atoms with E-state index in [0.717, 1.165) is 29.9 Å². The zero-order chi connectivity index (χ0) is 13.8. The number of hydrogen-bond donors (Lipinski definition) is 0. The highest BCUT2D eigenvalue weighted by Crippen LogP contribution is 2.09. The van der Waals surface area contributed by atoms with Crippen molar-refractivity contribution in [2.75, 3.05) is 0 Å². The first-order valence-corrected chi connectivity index (χ1v) is 6.51. The van der Waals surface area contributed by atoms with Crippen LogP contribution < -0.4 is 0 Å². The van der Waals surface area contributed by atoms with Gasteiger partial charge < -0.3 is 0 Å². The van der Waals surface area contributed by atoms with E-state index in [4.69, 9.17) is 0 Å². The summed E-state index contributed by atoms with van der Waals surface area (Å²) in [6.07, 6.45) is 4.49. The largest absolute Gasteiger partial charge is 0.290 e. The third kappa shape index (κ3) is 3.05. The van der Waals surface area contributed by atoms with Crippen LogP contribution in [0.3, 0.4) is 0 Å². The molecule has 5 nitrogen and oxygen atoms in total. The number of aromatic nitrogens is 4. The van der Waals surface area contributed by atoms with Gasteiger partial charge in [0.2, 0.25) is 5.78 Å². The van der Waals surface area contributed by atoms with E-state index in [1.165, 1.54) is 0 Å². The molecule has 0 aliphatic heterocycles. The van der Waals surface area contributed by atoms with Crippen molar-refractivity contribution < 1.29 is 4.79 Å². The molecule has 0 aliphatic carbocycles. The highest BCUT2D eigenvalue weighted by Gasteiger charge is 2.14. The zero-order valence-electron chi connectivity index (χ0n) is 11.6. The Hall–Kier alpha value is -2.04. The monoisotopic (exact) mass is 258 g/mol. The highest BCUT2D eigenvalue weighted by atomic mass is 16.1. The summed E-state index contributed by atoms with van der Waals surface area (Å²) in [7, 11) is 0. The van der Waals surface area contributed by atoms with Gasteiger partial charge in [0.05, 0.1) is 12.1 Å². The van der Waals surface area contributed by atoms with Crippen molar-refractivity contribution in [1.82, 2.24) is 19.7 Å². The van der Waals surface area contributed by atoms with Gasteiger partial charge in [-0.3, -0.25) is 9.48 Å². The van der Waals surface area contributed by atoms with E-state index in [2.05, 4.69) is 22.0 Å². The lowest BCUT2D eigenvalue weighted by molar-refractivity contribution is 0.0980. The third-order valence-corrected chi connectivity index (χ3v) is 2.95. The Morgan fingerprint density at radius 1 is 1.26 bits per heavy atom. The number of rotatable bonds is 5. The molecular formula is C14H18N4O. The summed E-state index contributed by atoms with van der Waals surface area (Å²) in [5.74, 6) is 0.199. The summed E-state index contributed by atoms with van der Waals surface area (Å²) in [6.45, 7) is 6.73. The lowest BCUT2D eigenvalue weighted by atomic mass is 10.2. The van der Waals surface area contributed by atoms with Gasteiger partial charge in [0.15, 0.2) is 5.82 Å². The summed E-state index contributed by atoms with van der Waals surface area (Å²) in [4.78, 5) is 20.3. The van der Waals surface area contributed by atoms with Gasteiger partial charge in [-0.15, -0.1) is 0 Å². The summed E-state index contributed by atoms with van der Waals surface area (Å²) >= 11 is 0. The van der Waals surface area contributed by atoms with Crippen LogP contribution in [0.25, 0.3) is 0 Å². The molecule has 2 rings (SSSR count). The first kappa shape index (κ1) is 13.4. The molecule has 0 radical (unpaired) electrons. The molecule has 0 spiro atoms. The second-order valence-electron chi connectivity index (χ2n) is 4.48. The van der Waals surface area contributed by atoms with Gasteiger partial charge in [-0.05, 0) is 31.9 Å². The second-order valence-corrected chi connectivity index (χ2v) is 4.48. The molecule has 0 N–H and O–H groups in total. The average molecular weight is 258 g/mol. The first-order chi connectivity index (χ1) is 9.13. The SMILES string of the molecule is CCc1cc(CC(=O)c2ncc(C)cn2)n(CC)n1. The van der Waals surface area contributed by atoms with Crippen molar-refractivity contribution in [3.63, 3.8) is 0 Å². The van der Waals surface area contributed by atoms with Gasteiger partial charge in [0, 0.05) is 24.6 Å². The maximum absolute atomic E-state index is 12.1. The highest BCUT2D eigenvalue weighted by molar-refractivity contribution is 5.93. The Labute approximate surface area is 112 Å². The Bertz CT molecular complexity index is 572. The van der Waals surface area contributed by atoms with Crippen LogP contribution in [0.15, 0.2) is 18.5 Å². The van der Waals surface area contributed by atoms with Crippen LogP contribution in [-0.4, -0.2) is 25.5 Å². The normalized spacial score (nSPS) is 10.7. The number of aryl methyl sites for hydroxylation is 3. The maximum Gasteiger partial charge on any atom is 0.205 e. The first-order valence-electron chi connectivity index (χ1n) is 6.51. The van der Waals surface area contributed by atoms with E-state index in [0.29, 0.717) is 6.42 Å². The molecule has 0 saturated carbocycles. The molecule has 2 heterocycles. The van der Waals surface area contributed by atoms with Crippen molar-refractivity contribution in [3.8, 4) is 0 Å². The van der Waals surface area contributed by atoms with E-state index in [1.807, 2.05) is 24.6 Å². The minimum absolute atomic E-state index is 0.0720. The number of carbonyl (C=O) groups excluding carboxylic acids is 1. The molecule has 0 unspecified atom stereocenters. The van der Waals surface area contributed by atoms with Crippen LogP contribution in [0.4, 0.5) is 0 Å². The average Bonchev–Trinajstić information content (AvgIpc) is 2.81. The molecular weight excluding hydrogens is 240 g/mol. The second kappa shape index (κ2) is 5.73. The van der Waals surface area contributed by atoms with Gasteiger partial charge in [0.1, 0.15) is 0 Å². The van der Waals surface area contributed by atoms with Gasteiger partial charge >= 0.3 is 0 Å². The molecule has 0 amide bonds. The van der Waals surface area contributed by atoms with Gasteiger partial charge in [-0.2, -0.15) is 5.10 Å². The van der Waals surface area contributed by atoms with Crippen LogP contribution in [0.5, 0.6) is 0 Å². The third-order valence-electron chi connectivity index (χ3n) is 2.95. The quantitative estimate of drug-likeness (QED) is 0.769. The van der Waals surface area contributed by atoms with E-state index in [-0.39, 0.29) is 11.6 Å². The van der Waals surface area contributed by atoms with Crippen LogP contribution in [0.2, 0.25) is 0 Å². The molecule has 5 heteroatoms. The van der Waals surface area contributed by atoms with Crippen molar-refractivity contribution in [2.24, 2.45) is 0 Å². The predicted molar refractivity (Wildman–Crippen MR) is 72.1 cm³/mol. The summed E-state index contributed by atoms with van der Waals surface area (Å²) in [6, 6.07) is 1.98. The standard InChI is InChI=1S/C14H18N4O/c1-4-11-6-12(18(5-2)17-11)7-13(19)14-15-8-10(3)9-16-14/h6,8-9H,4-5,7H2,1-3H3. The fourth-order valence-electron chi connectivity index (χ4n) is 1.88. The zero-order valence-corrected chi connectivity index (χ0v) is 11.6. The van der Waals surface area contributed by atoms with Crippen LogP contribution >= 0.6 is 0 Å². The molecule has 0 aromatic carbocycles. The number of hydrogen-bond acceptors (Lipinski definition) is 4. The van der Waals surface area contributed by atoms with Crippen molar-refractivity contribution in [3.05, 3.63) is 41.2 Å². The fourth-order valence-corrected chi connectivity index (χ4v) is 1.88. The molecule has 0 fully saturated rings. The lowest BCUT2D eigenvalue weighted by Gasteiger charge is -2.03. The number of Topliss-reactive ketones (excluding diaryl/α,β-unsaturated/α-hetero) is 1. The fraction of sp³-hybridized carbons (Fsp3) is 0.429. The van der Waals surface area contributed by atoms with Crippen LogP contribution in [0.1, 0.15) is 41.4 Å². The minimum atomic E-state index is -0.0720. The van der Waals surface area contributed by atoms with E-state index < -0.39 is 0 Å². The summed E-state index contributed by atoms with van der Waals surface area (Å²) < 4.78 is 1.87. The van der Waals surface area contributed by atoms with Gasteiger partial charge in [0.25, 0.3) is 0 Å². The molecule has 19 heavy (non-hydrogen) atoms. The van der Waals surface area contributed by atoms with E-state index in [9.17, 15) is 4.79 Å². The minimum Gasteiger partial charge on any atom is -0.290 e. The molecule has 0 bridgehead atoms. The summed E-state index contributed by atoms with van der Waals surface area (Å²) in [5.41, 5.74) is 2.88. The summed E-state index contributed by atoms with van der Waals surface area (Å²) in [5, 5.41) is 4.43. The Morgan fingerprint density at radius 3 is 2.53 bits per heavy atom. The number of ketones is 1. The van der Waals surface area contributed by atoms with Crippen LogP contribution in [-0.2, 0) is 19.4 Å².